The van der Waals surface area contributed by atoms with Gasteiger partial charge in [-0.1, -0.05) is 0 Å². The highest BCUT2D eigenvalue weighted by Gasteiger charge is 2.21. The summed E-state index contributed by atoms with van der Waals surface area (Å²) in [4.78, 5) is 24.8. The average Bonchev–Trinajstić information content (AvgIpc) is 2.53. The van der Waals surface area contributed by atoms with E-state index in [1.54, 1.807) is 23.1 Å². The smallest absolute Gasteiger partial charge is 0.332 e. The van der Waals surface area contributed by atoms with Crippen LogP contribution in [0.15, 0.2) is 23.3 Å². The molecule has 0 atom stereocenters. The Morgan fingerprint density at radius 2 is 1.85 bits per heavy atom. The predicted octanol–water partition coefficient (Wildman–Crippen LogP) is 2.11. The Bertz CT molecular complexity index is 636. The molecule has 8 nitrogen and oxygen atoms in total. The molecule has 0 spiro atoms. The Kier molecular flexibility index (Phi) is 8.41. The molecule has 0 aliphatic rings. The molecule has 0 unspecified atom stereocenters. The van der Waals surface area contributed by atoms with Gasteiger partial charge in [-0.2, -0.15) is 5.10 Å². The molecule has 0 radical (unpaired) electrons. The molecule has 0 saturated heterocycles. The van der Waals surface area contributed by atoms with Crippen LogP contribution in [-0.4, -0.2) is 48.4 Å². The molecule has 0 saturated carbocycles. The average molecular weight is 364 g/mol. The van der Waals surface area contributed by atoms with Gasteiger partial charge in [0.25, 0.3) is 5.91 Å². The predicted molar refractivity (Wildman–Crippen MR) is 101 cm³/mol. The number of nitrogens with two attached hydrogens (primary N) is 1. The molecule has 0 aliphatic heterocycles. The van der Waals surface area contributed by atoms with Crippen molar-refractivity contribution in [3.05, 3.63) is 23.8 Å². The minimum Gasteiger partial charge on any atom is -0.490 e. The first-order valence-corrected chi connectivity index (χ1v) is 8.55. The molecular weight excluding hydrogens is 336 g/mol. The van der Waals surface area contributed by atoms with Crippen LogP contribution in [-0.2, 0) is 4.79 Å². The van der Waals surface area contributed by atoms with Gasteiger partial charge in [0, 0.05) is 12.1 Å². The van der Waals surface area contributed by atoms with E-state index in [4.69, 9.17) is 15.2 Å². The van der Waals surface area contributed by atoms with Crippen LogP contribution in [0.1, 0.15) is 40.2 Å². The maximum atomic E-state index is 12.4. The highest BCUT2D eigenvalue weighted by atomic mass is 16.5. The first-order valence-electron chi connectivity index (χ1n) is 8.55. The van der Waals surface area contributed by atoms with Gasteiger partial charge in [-0.15, -0.1) is 0 Å². The number of hydrazone groups is 1. The molecule has 3 N–H and O–H groups in total. The summed E-state index contributed by atoms with van der Waals surface area (Å²) in [5.74, 6) is 0.866. The molecule has 144 valence electrons. The van der Waals surface area contributed by atoms with Crippen molar-refractivity contribution < 1.29 is 19.1 Å². The van der Waals surface area contributed by atoms with E-state index < -0.39 is 6.03 Å². The third-order valence-electron chi connectivity index (χ3n) is 3.41. The lowest BCUT2D eigenvalue weighted by molar-refractivity contribution is -0.137. The van der Waals surface area contributed by atoms with Gasteiger partial charge in [0.1, 0.15) is 0 Å². The Hall–Kier alpha value is -2.77. The zero-order valence-corrected chi connectivity index (χ0v) is 16.0. The van der Waals surface area contributed by atoms with Gasteiger partial charge in [-0.3, -0.25) is 4.79 Å². The number of ether oxygens (including phenoxy) is 2. The highest BCUT2D eigenvalue weighted by Crippen LogP contribution is 2.28. The third-order valence-corrected chi connectivity index (χ3v) is 3.41. The van der Waals surface area contributed by atoms with E-state index in [9.17, 15) is 9.59 Å². The van der Waals surface area contributed by atoms with Crippen molar-refractivity contribution in [3.63, 3.8) is 0 Å². The molecule has 1 aromatic rings. The molecule has 0 fully saturated rings. The van der Waals surface area contributed by atoms with E-state index in [1.165, 1.54) is 6.21 Å². The van der Waals surface area contributed by atoms with Crippen molar-refractivity contribution in [1.29, 1.82) is 0 Å². The maximum absolute atomic E-state index is 12.4. The minimum absolute atomic E-state index is 0.0763. The van der Waals surface area contributed by atoms with Crippen molar-refractivity contribution in [2.75, 3.05) is 13.2 Å². The summed E-state index contributed by atoms with van der Waals surface area (Å²) in [5, 5.41) is 3.70. The molecule has 1 rings (SSSR count). The monoisotopic (exact) mass is 364 g/mol. The zero-order valence-electron chi connectivity index (χ0n) is 16.0. The van der Waals surface area contributed by atoms with E-state index >= 15 is 0 Å². The number of carbonyl (C=O) groups excluding carboxylic acids is 2. The van der Waals surface area contributed by atoms with Crippen molar-refractivity contribution in [3.8, 4) is 11.5 Å². The fourth-order valence-electron chi connectivity index (χ4n) is 2.55. The topological polar surface area (TPSA) is 106 Å². The van der Waals surface area contributed by atoms with Crippen LogP contribution in [0.4, 0.5) is 4.79 Å². The number of urea groups is 1. The first kappa shape index (κ1) is 21.3. The summed E-state index contributed by atoms with van der Waals surface area (Å²) in [7, 11) is 0. The van der Waals surface area contributed by atoms with Crippen molar-refractivity contribution in [2.24, 2.45) is 10.8 Å². The molecule has 0 aromatic heterocycles. The standard InChI is InChI=1S/C18H28N4O4/c1-6-25-16-9-14(10-20-21-18(19)24)7-8-15(16)26-11-17(23)22(12(2)3)13(4)5/h7-10,12-13H,6,11H2,1-5H3,(H3,19,21,24)/b20-10-. The minimum atomic E-state index is -0.746. The molecule has 26 heavy (non-hydrogen) atoms. The SMILES string of the molecule is CCOc1cc(/C=N\NC(N)=O)ccc1OCC(=O)N(C(C)C)C(C)C. The van der Waals surface area contributed by atoms with Gasteiger partial charge in [0.2, 0.25) is 0 Å². The number of rotatable bonds is 9. The summed E-state index contributed by atoms with van der Waals surface area (Å²) < 4.78 is 11.2. The lowest BCUT2D eigenvalue weighted by atomic mass is 10.2. The van der Waals surface area contributed by atoms with Gasteiger partial charge in [-0.25, -0.2) is 10.2 Å². The van der Waals surface area contributed by atoms with Gasteiger partial charge >= 0.3 is 6.03 Å². The number of benzene rings is 1. The fourth-order valence-corrected chi connectivity index (χ4v) is 2.55. The summed E-state index contributed by atoms with van der Waals surface area (Å²) in [6.45, 7) is 10.1. The van der Waals surface area contributed by atoms with Crippen molar-refractivity contribution >= 4 is 18.2 Å². The van der Waals surface area contributed by atoms with E-state index in [2.05, 4.69) is 10.5 Å². The second-order valence-electron chi connectivity index (χ2n) is 6.15. The fraction of sp³-hybridized carbons (Fsp3) is 0.500. The molecule has 3 amide bonds. The van der Waals surface area contributed by atoms with Crippen molar-refractivity contribution in [2.45, 2.75) is 46.7 Å². The van der Waals surface area contributed by atoms with Gasteiger partial charge in [0.15, 0.2) is 18.1 Å². The van der Waals surface area contributed by atoms with Crippen LogP contribution >= 0.6 is 0 Å². The summed E-state index contributed by atoms with van der Waals surface area (Å²) in [5.41, 5.74) is 7.76. The van der Waals surface area contributed by atoms with Gasteiger partial charge in [-0.05, 0) is 58.4 Å². The van der Waals surface area contributed by atoms with E-state index in [1.807, 2.05) is 34.6 Å². The van der Waals surface area contributed by atoms with Crippen LogP contribution in [0.3, 0.4) is 0 Å². The number of hydrogen-bond acceptors (Lipinski definition) is 5. The molecule has 0 heterocycles. The molecular formula is C18H28N4O4. The number of amides is 3. The number of nitrogens with zero attached hydrogens (tertiary/aromatic N) is 2. The van der Waals surface area contributed by atoms with Crippen LogP contribution in [0.2, 0.25) is 0 Å². The number of carbonyl (C=O) groups is 2. The van der Waals surface area contributed by atoms with Gasteiger partial charge in [0.05, 0.1) is 12.8 Å². The van der Waals surface area contributed by atoms with E-state index in [-0.39, 0.29) is 24.6 Å². The first-order chi connectivity index (χ1) is 12.3. The molecule has 0 bridgehead atoms. The summed E-state index contributed by atoms with van der Waals surface area (Å²) >= 11 is 0. The molecule has 0 aliphatic carbocycles. The molecule has 8 heteroatoms. The van der Waals surface area contributed by atoms with Crippen molar-refractivity contribution in [1.82, 2.24) is 10.3 Å². The normalized spacial score (nSPS) is 11.0. The largest absolute Gasteiger partial charge is 0.490 e. The second kappa shape index (κ2) is 10.3. The Balaban J connectivity index is 2.86. The number of primary amides is 1. The highest BCUT2D eigenvalue weighted by molar-refractivity contribution is 5.82. The Morgan fingerprint density at radius 1 is 1.19 bits per heavy atom. The quantitative estimate of drug-likeness (QED) is 0.517. The summed E-state index contributed by atoms with van der Waals surface area (Å²) in [6.07, 6.45) is 1.43. The third kappa shape index (κ3) is 6.62. The lowest BCUT2D eigenvalue weighted by Gasteiger charge is -2.30. The number of nitrogens with one attached hydrogen (secondary N) is 1. The van der Waals surface area contributed by atoms with Gasteiger partial charge < -0.3 is 20.1 Å². The van der Waals surface area contributed by atoms with E-state index in [0.29, 0.717) is 23.7 Å². The second-order valence-corrected chi connectivity index (χ2v) is 6.15. The van der Waals surface area contributed by atoms with Crippen LogP contribution in [0, 0.1) is 0 Å². The Morgan fingerprint density at radius 3 is 2.38 bits per heavy atom. The van der Waals surface area contributed by atoms with Crippen LogP contribution < -0.4 is 20.6 Å². The number of hydrogen-bond donors (Lipinski definition) is 2. The van der Waals surface area contributed by atoms with E-state index in [0.717, 1.165) is 0 Å². The van der Waals surface area contributed by atoms with Crippen LogP contribution in [0.25, 0.3) is 0 Å². The molecule has 1 aromatic carbocycles. The maximum Gasteiger partial charge on any atom is 0.332 e. The summed E-state index contributed by atoms with van der Waals surface area (Å²) in [6, 6.07) is 4.57. The Labute approximate surface area is 154 Å². The zero-order chi connectivity index (χ0) is 19.7. The van der Waals surface area contributed by atoms with Crippen LogP contribution in [0.5, 0.6) is 11.5 Å². The lowest BCUT2D eigenvalue weighted by Crippen LogP contribution is -2.44.